The van der Waals surface area contributed by atoms with Gasteiger partial charge in [-0.2, -0.15) is 13.2 Å². The van der Waals surface area contributed by atoms with Gasteiger partial charge in [0.1, 0.15) is 11.6 Å². The van der Waals surface area contributed by atoms with Gasteiger partial charge < -0.3 is 15.2 Å². The van der Waals surface area contributed by atoms with Gasteiger partial charge in [-0.15, -0.1) is 10.2 Å². The Balaban J connectivity index is 1.56. The normalized spacial score (nSPS) is 16.8. The summed E-state index contributed by atoms with van der Waals surface area (Å²) in [6.45, 7) is 3.34. The van der Waals surface area contributed by atoms with Gasteiger partial charge in [0.15, 0.2) is 11.4 Å². The van der Waals surface area contributed by atoms with Crippen molar-refractivity contribution in [3.8, 4) is 0 Å². The summed E-state index contributed by atoms with van der Waals surface area (Å²) in [6, 6.07) is 3.23. The van der Waals surface area contributed by atoms with Crippen molar-refractivity contribution < 1.29 is 18.0 Å². The number of nitrogens with one attached hydrogen (secondary N) is 2. The van der Waals surface area contributed by atoms with Crippen LogP contribution in [-0.2, 0) is 19.1 Å². The smallest absolute Gasteiger partial charge is 0.368 e. The van der Waals surface area contributed by atoms with Crippen molar-refractivity contribution in [1.29, 1.82) is 0 Å². The van der Waals surface area contributed by atoms with Crippen molar-refractivity contribution in [2.45, 2.75) is 32.5 Å². The molecular weight excluding hydrogens is 349 g/mol. The van der Waals surface area contributed by atoms with Crippen LogP contribution in [0.25, 0.3) is 0 Å². The maximum Gasteiger partial charge on any atom is 0.434 e. The second-order valence-electron chi connectivity index (χ2n) is 6.14. The molecule has 1 atom stereocenters. The number of alkyl halides is 3. The van der Waals surface area contributed by atoms with Crippen molar-refractivity contribution in [1.82, 2.24) is 25.1 Å². The number of aromatic nitrogens is 4. The number of carbonyl (C=O) groups excluding carboxylic acids is 1. The highest BCUT2D eigenvalue weighted by Crippen LogP contribution is 2.30. The molecule has 3 heterocycles. The van der Waals surface area contributed by atoms with Crippen LogP contribution < -0.4 is 10.6 Å². The van der Waals surface area contributed by atoms with E-state index in [1.807, 2.05) is 6.92 Å². The van der Waals surface area contributed by atoms with Crippen LogP contribution in [0.1, 0.15) is 35.4 Å². The number of carbonyl (C=O) groups is 1. The molecule has 0 radical (unpaired) electrons. The monoisotopic (exact) mass is 368 g/mol. The topological polar surface area (TPSA) is 84.7 Å². The van der Waals surface area contributed by atoms with Gasteiger partial charge in [0.25, 0.3) is 5.91 Å². The summed E-state index contributed by atoms with van der Waals surface area (Å²) in [6.07, 6.45) is -2.10. The number of aryl methyl sites for hydroxylation is 1. The van der Waals surface area contributed by atoms with Gasteiger partial charge in [0.05, 0.1) is 0 Å². The number of fused-ring (bicyclic) bond motifs is 1. The zero-order valence-electron chi connectivity index (χ0n) is 14.2. The van der Waals surface area contributed by atoms with E-state index in [0.29, 0.717) is 37.7 Å². The van der Waals surface area contributed by atoms with Gasteiger partial charge in [0, 0.05) is 32.3 Å². The van der Waals surface area contributed by atoms with E-state index < -0.39 is 11.9 Å². The number of hydrogen-bond donors (Lipinski definition) is 2. The molecule has 0 spiro atoms. The zero-order chi connectivity index (χ0) is 18.7. The SMILES string of the molecule is CCNC(=O)c1ccc(NC[C@@H]2CCc3nc(C(F)(F)F)cn3C2)nn1. The Bertz CT molecular complexity index is 771. The first kappa shape index (κ1) is 18.2. The van der Waals surface area contributed by atoms with Crippen molar-refractivity contribution in [3.05, 3.63) is 35.5 Å². The number of halogens is 3. The molecule has 1 aliphatic heterocycles. The van der Waals surface area contributed by atoms with Crippen LogP contribution in [0, 0.1) is 5.92 Å². The molecule has 10 heteroatoms. The quantitative estimate of drug-likeness (QED) is 0.845. The van der Waals surface area contributed by atoms with E-state index in [0.717, 1.165) is 12.6 Å². The van der Waals surface area contributed by atoms with Gasteiger partial charge >= 0.3 is 6.18 Å². The van der Waals surface area contributed by atoms with Crippen LogP contribution in [0.5, 0.6) is 0 Å². The molecule has 2 aromatic heterocycles. The Labute approximate surface area is 148 Å². The fourth-order valence-corrected chi connectivity index (χ4v) is 2.87. The summed E-state index contributed by atoms with van der Waals surface area (Å²) >= 11 is 0. The Hall–Kier alpha value is -2.65. The Morgan fingerprint density at radius 2 is 2.15 bits per heavy atom. The predicted octanol–water partition coefficient (Wildman–Crippen LogP) is 2.12. The third-order valence-electron chi connectivity index (χ3n) is 4.19. The summed E-state index contributed by atoms with van der Waals surface area (Å²) in [5.41, 5.74) is -0.606. The molecule has 0 aliphatic carbocycles. The van der Waals surface area contributed by atoms with Gasteiger partial charge in [0.2, 0.25) is 0 Å². The summed E-state index contributed by atoms with van der Waals surface area (Å²) in [5.74, 6) is 0.861. The molecule has 0 saturated heterocycles. The predicted molar refractivity (Wildman–Crippen MR) is 87.6 cm³/mol. The van der Waals surface area contributed by atoms with E-state index in [2.05, 4.69) is 25.8 Å². The van der Waals surface area contributed by atoms with E-state index in [9.17, 15) is 18.0 Å². The molecule has 2 aromatic rings. The van der Waals surface area contributed by atoms with E-state index in [1.54, 1.807) is 16.7 Å². The average molecular weight is 368 g/mol. The maximum absolute atomic E-state index is 12.7. The highest BCUT2D eigenvalue weighted by Gasteiger charge is 2.35. The molecule has 0 unspecified atom stereocenters. The fourth-order valence-electron chi connectivity index (χ4n) is 2.87. The van der Waals surface area contributed by atoms with Gasteiger partial charge in [-0.3, -0.25) is 4.79 Å². The van der Waals surface area contributed by atoms with E-state index >= 15 is 0 Å². The van der Waals surface area contributed by atoms with Crippen molar-refractivity contribution in [2.75, 3.05) is 18.4 Å². The number of nitrogens with zero attached hydrogens (tertiary/aromatic N) is 4. The molecule has 0 fully saturated rings. The lowest BCUT2D eigenvalue weighted by molar-refractivity contribution is -0.141. The first-order valence-electron chi connectivity index (χ1n) is 8.36. The molecule has 0 bridgehead atoms. The number of amides is 1. The van der Waals surface area contributed by atoms with Crippen LogP contribution in [0.3, 0.4) is 0 Å². The van der Waals surface area contributed by atoms with Crippen LogP contribution in [0.2, 0.25) is 0 Å². The molecule has 0 aromatic carbocycles. The van der Waals surface area contributed by atoms with Gasteiger partial charge in [-0.05, 0) is 31.4 Å². The molecule has 140 valence electrons. The Morgan fingerprint density at radius 3 is 2.81 bits per heavy atom. The third-order valence-corrected chi connectivity index (χ3v) is 4.19. The second-order valence-corrected chi connectivity index (χ2v) is 6.14. The van der Waals surface area contributed by atoms with Crippen LogP contribution in [0.15, 0.2) is 18.3 Å². The van der Waals surface area contributed by atoms with E-state index in [-0.39, 0.29) is 17.5 Å². The molecule has 2 N–H and O–H groups in total. The highest BCUT2D eigenvalue weighted by atomic mass is 19.4. The van der Waals surface area contributed by atoms with E-state index in [1.165, 1.54) is 0 Å². The molecule has 26 heavy (non-hydrogen) atoms. The van der Waals surface area contributed by atoms with Gasteiger partial charge in [-0.25, -0.2) is 4.98 Å². The maximum atomic E-state index is 12.7. The summed E-state index contributed by atoms with van der Waals surface area (Å²) in [4.78, 5) is 15.3. The molecule has 1 aliphatic rings. The number of rotatable bonds is 5. The second kappa shape index (κ2) is 7.30. The van der Waals surface area contributed by atoms with E-state index in [4.69, 9.17) is 0 Å². The average Bonchev–Trinajstić information content (AvgIpc) is 3.04. The van der Waals surface area contributed by atoms with Crippen LogP contribution in [0.4, 0.5) is 19.0 Å². The number of imidazole rings is 1. The fraction of sp³-hybridized carbons (Fsp3) is 0.500. The molecule has 7 nitrogen and oxygen atoms in total. The number of anilines is 1. The Morgan fingerprint density at radius 1 is 1.35 bits per heavy atom. The van der Waals surface area contributed by atoms with Crippen LogP contribution in [-0.4, -0.2) is 38.7 Å². The lowest BCUT2D eigenvalue weighted by atomic mass is 9.99. The number of hydrogen-bond acceptors (Lipinski definition) is 5. The van der Waals surface area contributed by atoms with Crippen molar-refractivity contribution in [3.63, 3.8) is 0 Å². The largest absolute Gasteiger partial charge is 0.434 e. The first-order chi connectivity index (χ1) is 12.4. The minimum atomic E-state index is -4.42. The molecule has 3 rings (SSSR count). The minimum absolute atomic E-state index is 0.155. The third kappa shape index (κ3) is 4.12. The first-order valence-corrected chi connectivity index (χ1v) is 8.36. The molecule has 0 saturated carbocycles. The van der Waals surface area contributed by atoms with Crippen molar-refractivity contribution >= 4 is 11.7 Å². The van der Waals surface area contributed by atoms with Crippen LogP contribution >= 0.6 is 0 Å². The molecular formula is C16H19F3N6O. The minimum Gasteiger partial charge on any atom is -0.368 e. The van der Waals surface area contributed by atoms with Crippen molar-refractivity contribution in [2.24, 2.45) is 5.92 Å². The standard InChI is InChI=1S/C16H19F3N6O/c1-2-20-15(26)11-4-5-13(24-23-11)21-7-10-3-6-14-22-12(16(17,18)19)9-25(14)8-10/h4-5,9-10H,2-3,6-8H2,1H3,(H,20,26)(H,21,24)/t10-/m0/s1. The summed E-state index contributed by atoms with van der Waals surface area (Å²) in [5, 5.41) is 13.6. The highest BCUT2D eigenvalue weighted by molar-refractivity contribution is 5.92. The lowest BCUT2D eigenvalue weighted by Crippen LogP contribution is -2.26. The van der Waals surface area contributed by atoms with Gasteiger partial charge in [-0.1, -0.05) is 0 Å². The summed E-state index contributed by atoms with van der Waals surface area (Å²) in [7, 11) is 0. The zero-order valence-corrected chi connectivity index (χ0v) is 14.2. The molecule has 1 amide bonds. The Kier molecular flexibility index (Phi) is 5.10. The summed E-state index contributed by atoms with van der Waals surface area (Å²) < 4.78 is 39.8. The lowest BCUT2D eigenvalue weighted by Gasteiger charge is -2.24.